The highest BCUT2D eigenvalue weighted by Gasteiger charge is 2.67. The summed E-state index contributed by atoms with van der Waals surface area (Å²) in [6.45, 7) is 14.2. The number of hydrogen-bond acceptors (Lipinski definition) is 4. The first kappa shape index (κ1) is 22.8. The van der Waals surface area contributed by atoms with Gasteiger partial charge in [0.15, 0.2) is 11.4 Å². The molecule has 0 spiro atoms. The maximum absolute atomic E-state index is 12.9. The summed E-state index contributed by atoms with van der Waals surface area (Å²) in [4.78, 5) is 24.9. The Kier molecular flexibility index (Phi) is 5.56. The molecule has 4 unspecified atom stereocenters. The van der Waals surface area contributed by atoms with Gasteiger partial charge in [-0.05, 0) is 95.0 Å². The molecular formula is C27H40O4. The van der Waals surface area contributed by atoms with E-state index in [4.69, 9.17) is 9.47 Å². The van der Waals surface area contributed by atoms with Gasteiger partial charge in [-0.1, -0.05) is 31.6 Å². The number of hydrogen-bond donors (Lipinski definition) is 0. The van der Waals surface area contributed by atoms with E-state index in [9.17, 15) is 9.59 Å². The molecule has 0 aromatic carbocycles. The number of Topliss-reactive ketones (excluding diaryl/α,β-unsaturated/α-hetero) is 1. The molecule has 0 amide bonds. The van der Waals surface area contributed by atoms with Crippen LogP contribution in [0.15, 0.2) is 23.3 Å². The Bertz CT molecular complexity index is 838. The van der Waals surface area contributed by atoms with Gasteiger partial charge < -0.3 is 9.47 Å². The van der Waals surface area contributed by atoms with E-state index in [0.717, 1.165) is 32.1 Å². The lowest BCUT2D eigenvalue weighted by Gasteiger charge is -2.58. The minimum Gasteiger partial charge on any atom is -0.451 e. The first-order chi connectivity index (χ1) is 14.4. The van der Waals surface area contributed by atoms with Crippen LogP contribution >= 0.6 is 0 Å². The van der Waals surface area contributed by atoms with Crippen LogP contribution in [0.3, 0.4) is 0 Å². The summed E-state index contributed by atoms with van der Waals surface area (Å²) in [5, 5.41) is 0. The van der Waals surface area contributed by atoms with Crippen LogP contribution in [0, 0.1) is 28.6 Å². The van der Waals surface area contributed by atoms with E-state index >= 15 is 0 Å². The van der Waals surface area contributed by atoms with Crippen molar-refractivity contribution in [3.63, 3.8) is 0 Å². The van der Waals surface area contributed by atoms with Crippen LogP contribution in [0.2, 0.25) is 0 Å². The van der Waals surface area contributed by atoms with Crippen LogP contribution < -0.4 is 0 Å². The van der Waals surface area contributed by atoms with Gasteiger partial charge in [0.05, 0.1) is 12.2 Å². The largest absolute Gasteiger partial charge is 0.451 e. The Balaban J connectivity index is 1.72. The second kappa shape index (κ2) is 7.57. The molecule has 0 heterocycles. The maximum atomic E-state index is 12.9. The predicted molar refractivity (Wildman–Crippen MR) is 121 cm³/mol. The SMILES string of the molecule is CC(=O)O[C@]1(C(C)=O)CCC2C3C=C(C)C4=CC(OC(C)C)CC[C@]4(C)C3CC[C@@]21C. The number of carbonyl (C=O) groups excluding carboxylic acids is 2. The minimum absolute atomic E-state index is 0.0146. The van der Waals surface area contributed by atoms with Gasteiger partial charge in [0.25, 0.3) is 0 Å². The molecule has 4 aliphatic carbocycles. The smallest absolute Gasteiger partial charge is 0.303 e. The van der Waals surface area contributed by atoms with Crippen molar-refractivity contribution in [2.24, 2.45) is 28.6 Å². The highest BCUT2D eigenvalue weighted by atomic mass is 16.6. The van der Waals surface area contributed by atoms with Gasteiger partial charge in [0.1, 0.15) is 0 Å². The quantitative estimate of drug-likeness (QED) is 0.531. The molecule has 0 aliphatic heterocycles. The van der Waals surface area contributed by atoms with Crippen LogP contribution in [0.4, 0.5) is 0 Å². The van der Waals surface area contributed by atoms with Crippen molar-refractivity contribution >= 4 is 11.8 Å². The lowest BCUT2D eigenvalue weighted by molar-refractivity contribution is -0.185. The average Bonchev–Trinajstić information content (AvgIpc) is 2.96. The Morgan fingerprint density at radius 2 is 1.68 bits per heavy atom. The summed E-state index contributed by atoms with van der Waals surface area (Å²) in [5.41, 5.74) is 1.75. The molecule has 4 rings (SSSR count). The fourth-order valence-electron chi connectivity index (χ4n) is 8.07. The molecule has 0 aromatic heterocycles. The molecule has 0 N–H and O–H groups in total. The normalized spacial score (nSPS) is 44.0. The Labute approximate surface area is 187 Å². The monoisotopic (exact) mass is 428 g/mol. The number of carbonyl (C=O) groups is 2. The van der Waals surface area contributed by atoms with Crippen molar-refractivity contribution in [1.29, 1.82) is 0 Å². The Morgan fingerprint density at radius 1 is 1.00 bits per heavy atom. The second-order valence-corrected chi connectivity index (χ2v) is 11.4. The standard InChI is InChI=1S/C27H40O4/c1-16(2)30-20-8-11-25(6)22-9-12-26(7)23(21(22)14-17(3)24(25)15-20)10-13-27(26,18(4)28)31-19(5)29/h14-16,20-23H,8-13H2,1-7H3/t20?,21?,22?,23?,25-,26+,27+/m1/s1. The second-order valence-electron chi connectivity index (χ2n) is 11.4. The van der Waals surface area contributed by atoms with Crippen molar-refractivity contribution < 1.29 is 19.1 Å². The lowest BCUT2D eigenvalue weighted by atomic mass is 9.47. The van der Waals surface area contributed by atoms with Crippen LogP contribution in [0.25, 0.3) is 0 Å². The molecule has 172 valence electrons. The summed E-state index contributed by atoms with van der Waals surface area (Å²) in [6, 6.07) is 0. The third-order valence-electron chi connectivity index (χ3n) is 9.39. The fourth-order valence-corrected chi connectivity index (χ4v) is 8.07. The van der Waals surface area contributed by atoms with Crippen molar-refractivity contribution in [2.75, 3.05) is 0 Å². The van der Waals surface area contributed by atoms with Crippen LogP contribution in [0.5, 0.6) is 0 Å². The molecule has 0 bridgehead atoms. The van der Waals surface area contributed by atoms with Crippen molar-refractivity contribution in [3.8, 4) is 0 Å². The summed E-state index contributed by atoms with van der Waals surface area (Å²) in [6.07, 6.45) is 11.2. The highest BCUT2D eigenvalue weighted by Crippen LogP contribution is 2.68. The van der Waals surface area contributed by atoms with E-state index in [1.807, 2.05) is 0 Å². The van der Waals surface area contributed by atoms with E-state index < -0.39 is 5.60 Å². The van der Waals surface area contributed by atoms with E-state index in [-0.39, 0.29) is 34.8 Å². The predicted octanol–water partition coefficient (Wildman–Crippen LogP) is 5.80. The Morgan fingerprint density at radius 3 is 2.29 bits per heavy atom. The molecule has 4 heteroatoms. The van der Waals surface area contributed by atoms with Crippen LogP contribution in [-0.4, -0.2) is 29.6 Å². The molecule has 0 aromatic rings. The zero-order valence-corrected chi connectivity index (χ0v) is 20.4. The summed E-state index contributed by atoms with van der Waals surface area (Å²) in [7, 11) is 0. The van der Waals surface area contributed by atoms with E-state index in [0.29, 0.717) is 24.2 Å². The van der Waals surface area contributed by atoms with Crippen molar-refractivity contribution in [3.05, 3.63) is 23.3 Å². The number of ether oxygens (including phenoxy) is 2. The van der Waals surface area contributed by atoms with E-state index in [2.05, 4.69) is 46.8 Å². The zero-order valence-electron chi connectivity index (χ0n) is 20.4. The fraction of sp³-hybridized carbons (Fsp3) is 0.778. The number of esters is 1. The summed E-state index contributed by atoms with van der Waals surface area (Å²) in [5.74, 6) is 1.05. The molecule has 31 heavy (non-hydrogen) atoms. The summed E-state index contributed by atoms with van der Waals surface area (Å²) >= 11 is 0. The van der Waals surface area contributed by atoms with E-state index in [1.54, 1.807) is 6.92 Å². The van der Waals surface area contributed by atoms with Crippen LogP contribution in [0.1, 0.15) is 87.0 Å². The van der Waals surface area contributed by atoms with Gasteiger partial charge in [-0.25, -0.2) is 0 Å². The lowest BCUT2D eigenvalue weighted by Crippen LogP contribution is -2.58. The van der Waals surface area contributed by atoms with Crippen molar-refractivity contribution in [1.82, 2.24) is 0 Å². The third-order valence-corrected chi connectivity index (χ3v) is 9.39. The minimum atomic E-state index is -0.962. The Hall–Kier alpha value is -1.42. The van der Waals surface area contributed by atoms with Gasteiger partial charge >= 0.3 is 5.97 Å². The molecule has 0 radical (unpaired) electrons. The topological polar surface area (TPSA) is 52.6 Å². The number of allylic oxidation sites excluding steroid dienone is 3. The van der Waals surface area contributed by atoms with Crippen LogP contribution in [-0.2, 0) is 19.1 Å². The number of rotatable bonds is 4. The first-order valence-corrected chi connectivity index (χ1v) is 12.2. The molecule has 0 saturated heterocycles. The number of ketones is 1. The molecule has 2 saturated carbocycles. The van der Waals surface area contributed by atoms with E-state index in [1.165, 1.54) is 18.1 Å². The average molecular weight is 429 g/mol. The van der Waals surface area contributed by atoms with Gasteiger partial charge in [-0.3, -0.25) is 9.59 Å². The van der Waals surface area contributed by atoms with Crippen molar-refractivity contribution in [2.45, 2.75) is 105 Å². The first-order valence-electron chi connectivity index (χ1n) is 12.2. The van der Waals surface area contributed by atoms with Gasteiger partial charge in [-0.2, -0.15) is 0 Å². The summed E-state index contributed by atoms with van der Waals surface area (Å²) < 4.78 is 12.0. The van der Waals surface area contributed by atoms with Gasteiger partial charge in [-0.15, -0.1) is 0 Å². The third kappa shape index (κ3) is 3.27. The zero-order chi connectivity index (χ0) is 22.8. The molecule has 4 nitrogen and oxygen atoms in total. The molecule has 2 fully saturated rings. The maximum Gasteiger partial charge on any atom is 0.303 e. The van der Waals surface area contributed by atoms with Gasteiger partial charge in [0, 0.05) is 12.3 Å². The molecule has 4 aliphatic rings. The van der Waals surface area contributed by atoms with Gasteiger partial charge in [0.2, 0.25) is 0 Å². The molecular weight excluding hydrogens is 388 g/mol. The number of fused-ring (bicyclic) bond motifs is 5. The highest BCUT2D eigenvalue weighted by molar-refractivity contribution is 5.89. The molecule has 7 atom stereocenters.